The van der Waals surface area contributed by atoms with Crippen LogP contribution in [0.1, 0.15) is 10.9 Å². The van der Waals surface area contributed by atoms with E-state index in [0.29, 0.717) is 0 Å². The van der Waals surface area contributed by atoms with Gasteiger partial charge in [-0.3, -0.25) is 4.79 Å². The molecule has 1 amide bonds. The maximum absolute atomic E-state index is 11.5. The number of amides is 1. The molecule has 0 saturated carbocycles. The second-order valence-electron chi connectivity index (χ2n) is 3.15. The monoisotopic (exact) mass is 275 g/mol. The van der Waals surface area contributed by atoms with Crippen molar-refractivity contribution in [2.45, 2.75) is 5.38 Å². The Morgan fingerprint density at radius 2 is 1.86 bits per heavy atom. The highest BCUT2D eigenvalue weighted by atomic mass is 79.9. The summed E-state index contributed by atoms with van der Waals surface area (Å²) in [5.74, 6) is -0.103. The molecule has 1 rings (SSSR count). The molecule has 0 N–H and O–H groups in total. The molecule has 0 saturated heterocycles. The molecule has 0 fully saturated rings. The van der Waals surface area contributed by atoms with Crippen LogP contribution in [0.3, 0.4) is 0 Å². The number of benzene rings is 1. The molecule has 0 aliphatic rings. The molecule has 76 valence electrons. The van der Waals surface area contributed by atoms with Crippen LogP contribution in [0.15, 0.2) is 28.7 Å². The molecule has 1 atom stereocenters. The van der Waals surface area contributed by atoms with Crippen molar-refractivity contribution in [2.75, 3.05) is 14.1 Å². The van der Waals surface area contributed by atoms with E-state index in [1.807, 2.05) is 24.3 Å². The summed E-state index contributed by atoms with van der Waals surface area (Å²) >= 11 is 9.32. The Bertz CT molecular complexity index is 323. The number of hydrogen-bond donors (Lipinski definition) is 0. The van der Waals surface area contributed by atoms with Gasteiger partial charge in [0.15, 0.2) is 0 Å². The van der Waals surface area contributed by atoms with E-state index in [-0.39, 0.29) is 5.91 Å². The maximum Gasteiger partial charge on any atom is 0.244 e. The number of rotatable bonds is 2. The third-order valence-corrected chi connectivity index (χ3v) is 2.79. The summed E-state index contributed by atoms with van der Waals surface area (Å²) in [4.78, 5) is 13.0. The van der Waals surface area contributed by atoms with Crippen molar-refractivity contribution < 1.29 is 4.79 Å². The van der Waals surface area contributed by atoms with Crippen molar-refractivity contribution in [1.29, 1.82) is 0 Å². The predicted molar refractivity (Wildman–Crippen MR) is 61.4 cm³/mol. The molecule has 4 heteroatoms. The van der Waals surface area contributed by atoms with Gasteiger partial charge in [-0.25, -0.2) is 0 Å². The Kier molecular flexibility index (Phi) is 3.96. The SMILES string of the molecule is CN(C)C(=O)C(Cl)c1ccc(Br)cc1. The summed E-state index contributed by atoms with van der Waals surface area (Å²) < 4.78 is 0.974. The van der Waals surface area contributed by atoms with Crippen LogP contribution in [0.2, 0.25) is 0 Å². The summed E-state index contributed by atoms with van der Waals surface area (Å²) in [6.07, 6.45) is 0. The quantitative estimate of drug-likeness (QED) is 0.761. The highest BCUT2D eigenvalue weighted by molar-refractivity contribution is 9.10. The molecule has 0 heterocycles. The molecular weight excluding hydrogens is 265 g/mol. The molecular formula is C10H11BrClNO. The lowest BCUT2D eigenvalue weighted by atomic mass is 10.1. The molecule has 14 heavy (non-hydrogen) atoms. The molecule has 1 aromatic rings. The molecule has 0 aromatic heterocycles. The van der Waals surface area contributed by atoms with E-state index in [2.05, 4.69) is 15.9 Å². The van der Waals surface area contributed by atoms with Gasteiger partial charge in [0.25, 0.3) is 0 Å². The van der Waals surface area contributed by atoms with E-state index < -0.39 is 5.38 Å². The summed E-state index contributed by atoms with van der Waals surface area (Å²) in [6.45, 7) is 0. The van der Waals surface area contributed by atoms with E-state index in [9.17, 15) is 4.79 Å². The lowest BCUT2D eigenvalue weighted by Crippen LogP contribution is -2.25. The highest BCUT2D eigenvalue weighted by Gasteiger charge is 2.18. The second-order valence-corrected chi connectivity index (χ2v) is 4.50. The zero-order valence-corrected chi connectivity index (χ0v) is 10.3. The molecule has 1 unspecified atom stereocenters. The molecule has 0 aliphatic carbocycles. The van der Waals surface area contributed by atoms with Gasteiger partial charge < -0.3 is 4.90 Å². The standard InChI is InChI=1S/C10H11BrClNO/c1-13(2)10(14)9(12)7-3-5-8(11)6-4-7/h3-6,9H,1-2H3. The average molecular weight is 277 g/mol. The van der Waals surface area contributed by atoms with Gasteiger partial charge >= 0.3 is 0 Å². The van der Waals surface area contributed by atoms with Crippen LogP contribution in [-0.4, -0.2) is 24.9 Å². The van der Waals surface area contributed by atoms with Crippen molar-refractivity contribution in [3.8, 4) is 0 Å². The zero-order chi connectivity index (χ0) is 10.7. The van der Waals surface area contributed by atoms with E-state index in [0.717, 1.165) is 10.0 Å². The number of hydrogen-bond acceptors (Lipinski definition) is 1. The van der Waals surface area contributed by atoms with Crippen LogP contribution < -0.4 is 0 Å². The topological polar surface area (TPSA) is 20.3 Å². The first-order valence-electron chi connectivity index (χ1n) is 4.13. The van der Waals surface area contributed by atoms with Gasteiger partial charge in [0.05, 0.1) is 0 Å². The summed E-state index contributed by atoms with van der Waals surface area (Å²) in [5, 5.41) is -0.599. The summed E-state index contributed by atoms with van der Waals surface area (Å²) in [7, 11) is 3.38. The first-order valence-corrected chi connectivity index (χ1v) is 5.36. The third-order valence-electron chi connectivity index (χ3n) is 1.82. The van der Waals surface area contributed by atoms with Crippen LogP contribution in [0.5, 0.6) is 0 Å². The van der Waals surface area contributed by atoms with Crippen LogP contribution >= 0.6 is 27.5 Å². The predicted octanol–water partition coefficient (Wildman–Crippen LogP) is 2.82. The summed E-state index contributed by atoms with van der Waals surface area (Å²) in [6, 6.07) is 7.41. The molecule has 2 nitrogen and oxygen atoms in total. The fourth-order valence-electron chi connectivity index (χ4n) is 1.00. The molecule has 1 aromatic carbocycles. The van der Waals surface area contributed by atoms with Crippen molar-refractivity contribution in [1.82, 2.24) is 4.90 Å². The zero-order valence-electron chi connectivity index (χ0n) is 8.00. The number of carbonyl (C=O) groups is 1. The molecule has 0 aliphatic heterocycles. The fourth-order valence-corrected chi connectivity index (χ4v) is 1.61. The molecule has 0 spiro atoms. The van der Waals surface area contributed by atoms with Gasteiger partial charge in [-0.2, -0.15) is 0 Å². The number of likely N-dealkylation sites (N-methyl/N-ethyl adjacent to an activating group) is 1. The molecule has 0 radical (unpaired) electrons. The van der Waals surface area contributed by atoms with Crippen molar-refractivity contribution in [2.24, 2.45) is 0 Å². The minimum Gasteiger partial charge on any atom is -0.347 e. The Morgan fingerprint density at radius 1 is 1.36 bits per heavy atom. The van der Waals surface area contributed by atoms with Crippen LogP contribution in [0.4, 0.5) is 0 Å². The second kappa shape index (κ2) is 4.80. The van der Waals surface area contributed by atoms with Crippen LogP contribution in [-0.2, 0) is 4.79 Å². The lowest BCUT2D eigenvalue weighted by molar-refractivity contribution is -0.128. The van der Waals surface area contributed by atoms with E-state index >= 15 is 0 Å². The Balaban J connectivity index is 2.84. The van der Waals surface area contributed by atoms with Crippen LogP contribution in [0, 0.1) is 0 Å². The number of alkyl halides is 1. The Labute approximate surface area is 97.0 Å². The van der Waals surface area contributed by atoms with Gasteiger partial charge in [-0.15, -0.1) is 11.6 Å². The van der Waals surface area contributed by atoms with Gasteiger partial charge in [-0.05, 0) is 17.7 Å². The van der Waals surface area contributed by atoms with E-state index in [1.165, 1.54) is 4.90 Å². The third kappa shape index (κ3) is 2.72. The highest BCUT2D eigenvalue weighted by Crippen LogP contribution is 2.23. The van der Waals surface area contributed by atoms with Crippen molar-refractivity contribution >= 4 is 33.4 Å². The number of nitrogens with zero attached hydrogens (tertiary/aromatic N) is 1. The van der Waals surface area contributed by atoms with Crippen molar-refractivity contribution in [3.63, 3.8) is 0 Å². The lowest BCUT2D eigenvalue weighted by Gasteiger charge is -2.15. The minimum absolute atomic E-state index is 0.103. The number of halogens is 2. The largest absolute Gasteiger partial charge is 0.347 e. The first kappa shape index (κ1) is 11.5. The smallest absolute Gasteiger partial charge is 0.244 e. The fraction of sp³-hybridized carbons (Fsp3) is 0.300. The van der Waals surface area contributed by atoms with Gasteiger partial charge in [0.2, 0.25) is 5.91 Å². The van der Waals surface area contributed by atoms with E-state index in [1.54, 1.807) is 14.1 Å². The maximum atomic E-state index is 11.5. The van der Waals surface area contributed by atoms with Gasteiger partial charge in [0.1, 0.15) is 5.38 Å². The summed E-state index contributed by atoms with van der Waals surface area (Å²) in [5.41, 5.74) is 0.813. The number of carbonyl (C=O) groups excluding carboxylic acids is 1. The Hall–Kier alpha value is -0.540. The molecule has 0 bridgehead atoms. The normalized spacial score (nSPS) is 12.3. The Morgan fingerprint density at radius 3 is 2.29 bits per heavy atom. The van der Waals surface area contributed by atoms with E-state index in [4.69, 9.17) is 11.6 Å². The minimum atomic E-state index is -0.599. The van der Waals surface area contributed by atoms with Crippen LogP contribution in [0.25, 0.3) is 0 Å². The first-order chi connectivity index (χ1) is 6.52. The van der Waals surface area contributed by atoms with Crippen molar-refractivity contribution in [3.05, 3.63) is 34.3 Å². The average Bonchev–Trinajstić information content (AvgIpc) is 2.16. The van der Waals surface area contributed by atoms with Gasteiger partial charge in [0, 0.05) is 18.6 Å². The van der Waals surface area contributed by atoms with Gasteiger partial charge in [-0.1, -0.05) is 28.1 Å².